The third-order valence-electron chi connectivity index (χ3n) is 5.95. The second-order valence-corrected chi connectivity index (χ2v) is 7.99. The van der Waals surface area contributed by atoms with Crippen LogP contribution in [-0.2, 0) is 9.47 Å². The lowest BCUT2D eigenvalue weighted by molar-refractivity contribution is 0.122. The molecule has 1 fully saturated rings. The number of ether oxygens (including phenoxy) is 3. The second kappa shape index (κ2) is 8.86. The van der Waals surface area contributed by atoms with Crippen molar-refractivity contribution in [1.82, 2.24) is 4.98 Å². The lowest BCUT2D eigenvalue weighted by Crippen LogP contribution is -2.36. The van der Waals surface area contributed by atoms with Gasteiger partial charge in [0.05, 0.1) is 19.1 Å². The number of rotatable bonds is 4. The van der Waals surface area contributed by atoms with Gasteiger partial charge < -0.3 is 24.8 Å². The van der Waals surface area contributed by atoms with E-state index < -0.39 is 29.5 Å². The molecular formula is C24H21F3N4O3. The van der Waals surface area contributed by atoms with E-state index in [0.717, 1.165) is 6.07 Å². The Hall–Kier alpha value is -3.79. The largest absolute Gasteiger partial charge is 0.465 e. The molecule has 0 saturated carbocycles. The fraction of sp³-hybridized carbons (Fsp3) is 0.250. The maximum absolute atomic E-state index is 15.2. The van der Waals surface area contributed by atoms with Crippen LogP contribution in [0.4, 0.5) is 18.9 Å². The van der Waals surface area contributed by atoms with Crippen molar-refractivity contribution in [3.8, 4) is 22.6 Å². The Labute approximate surface area is 193 Å². The number of pyridine rings is 1. The number of benzene rings is 2. The molecule has 1 atom stereocenters. The van der Waals surface area contributed by atoms with E-state index in [1.165, 1.54) is 30.5 Å². The molecule has 10 heteroatoms. The van der Waals surface area contributed by atoms with Gasteiger partial charge in [0.25, 0.3) is 6.02 Å². The van der Waals surface area contributed by atoms with Crippen molar-refractivity contribution in [1.29, 1.82) is 5.41 Å². The first-order chi connectivity index (χ1) is 16.4. The van der Waals surface area contributed by atoms with Crippen LogP contribution in [0, 0.1) is 23.0 Å². The minimum absolute atomic E-state index is 0.0194. The van der Waals surface area contributed by atoms with Gasteiger partial charge in [-0.3, -0.25) is 5.41 Å². The number of nitrogens with two attached hydrogens (primary N) is 1. The summed E-state index contributed by atoms with van der Waals surface area (Å²) >= 11 is 0. The molecule has 0 bridgehead atoms. The van der Waals surface area contributed by atoms with Crippen molar-refractivity contribution in [2.45, 2.75) is 5.92 Å². The average Bonchev–Trinajstić information content (AvgIpc) is 2.83. The van der Waals surface area contributed by atoms with Crippen LogP contribution in [0.25, 0.3) is 11.1 Å². The number of morpholine rings is 1. The third-order valence-corrected chi connectivity index (χ3v) is 5.95. The number of amidine groups is 1. The Bertz CT molecular complexity index is 1260. The van der Waals surface area contributed by atoms with Gasteiger partial charge in [0.15, 0.2) is 11.6 Å². The standard InChI is InChI=1S/C24H21F3N4O3/c25-19-11-21-16(10-15(19)14-2-1-3-30-23(14)27)18(12-33-24(28)29)17-8-13(9-20(26)22(17)34-21)31-4-6-32-7-5-31/h1-3,8-11,18H,4-7,12H2,(H3,28,29). The summed E-state index contributed by atoms with van der Waals surface area (Å²) in [5, 5.41) is 7.48. The number of nitrogens with zero attached hydrogens (tertiary/aromatic N) is 2. The molecule has 1 aromatic heterocycles. The highest BCUT2D eigenvalue weighted by Gasteiger charge is 2.33. The van der Waals surface area contributed by atoms with Gasteiger partial charge in [0, 0.05) is 59.4 Å². The Balaban J connectivity index is 1.64. The maximum Gasteiger partial charge on any atom is 0.279 e. The molecule has 0 amide bonds. The second-order valence-electron chi connectivity index (χ2n) is 7.99. The number of nitrogens with one attached hydrogen (secondary N) is 1. The Morgan fingerprint density at radius 2 is 1.88 bits per heavy atom. The monoisotopic (exact) mass is 470 g/mol. The molecular weight excluding hydrogens is 449 g/mol. The fourth-order valence-electron chi connectivity index (χ4n) is 4.33. The van der Waals surface area contributed by atoms with Gasteiger partial charge in [-0.1, -0.05) is 0 Å². The summed E-state index contributed by atoms with van der Waals surface area (Å²) in [4.78, 5) is 5.59. The lowest BCUT2D eigenvalue weighted by Gasteiger charge is -2.33. The van der Waals surface area contributed by atoms with Crippen molar-refractivity contribution < 1.29 is 27.4 Å². The van der Waals surface area contributed by atoms with Gasteiger partial charge in [0.1, 0.15) is 18.2 Å². The van der Waals surface area contributed by atoms with Crippen molar-refractivity contribution in [2.75, 3.05) is 37.8 Å². The SMILES string of the molecule is N=C(N)OCC1c2cc(-c3cccnc3F)c(F)cc2Oc2c(F)cc(N3CCOCC3)cc21. The average molecular weight is 470 g/mol. The smallest absolute Gasteiger partial charge is 0.279 e. The molecule has 2 aromatic carbocycles. The molecule has 7 nitrogen and oxygen atoms in total. The van der Waals surface area contributed by atoms with E-state index in [1.54, 1.807) is 6.07 Å². The molecule has 1 saturated heterocycles. The zero-order valence-electron chi connectivity index (χ0n) is 18.0. The van der Waals surface area contributed by atoms with Crippen LogP contribution in [0.5, 0.6) is 11.5 Å². The number of hydrogen-bond acceptors (Lipinski definition) is 6. The summed E-state index contributed by atoms with van der Waals surface area (Å²) < 4.78 is 61.0. The molecule has 3 aromatic rings. The zero-order valence-corrected chi connectivity index (χ0v) is 18.0. The van der Waals surface area contributed by atoms with Crippen molar-refractivity contribution in [3.63, 3.8) is 0 Å². The minimum atomic E-state index is -0.823. The molecule has 3 heterocycles. The Morgan fingerprint density at radius 1 is 1.09 bits per heavy atom. The molecule has 0 spiro atoms. The van der Waals surface area contributed by atoms with Gasteiger partial charge in [-0.15, -0.1) is 0 Å². The van der Waals surface area contributed by atoms with Crippen molar-refractivity contribution in [3.05, 3.63) is 71.3 Å². The molecule has 5 rings (SSSR count). The first-order valence-corrected chi connectivity index (χ1v) is 10.7. The number of halogens is 3. The third kappa shape index (κ3) is 4.01. The van der Waals surface area contributed by atoms with Crippen LogP contribution in [0.3, 0.4) is 0 Å². The van der Waals surface area contributed by atoms with Crippen molar-refractivity contribution >= 4 is 11.7 Å². The normalized spacial score (nSPS) is 16.9. The predicted octanol–water partition coefficient (Wildman–Crippen LogP) is 4.15. The number of fused-ring (bicyclic) bond motifs is 2. The summed E-state index contributed by atoms with van der Waals surface area (Å²) in [5.74, 6) is -2.81. The highest BCUT2D eigenvalue weighted by molar-refractivity contribution is 5.70. The first kappa shape index (κ1) is 22.0. The molecule has 0 aliphatic carbocycles. The minimum Gasteiger partial charge on any atom is -0.465 e. The topological polar surface area (TPSA) is 93.7 Å². The van der Waals surface area contributed by atoms with Crippen LogP contribution >= 0.6 is 0 Å². The number of hydrogen-bond donors (Lipinski definition) is 2. The molecule has 0 radical (unpaired) electrons. The summed E-state index contributed by atoms with van der Waals surface area (Å²) in [5.41, 5.74) is 6.91. The van der Waals surface area contributed by atoms with Gasteiger partial charge in [-0.2, -0.15) is 4.39 Å². The summed E-state index contributed by atoms with van der Waals surface area (Å²) in [6, 6.07) is 8.10. The van der Waals surface area contributed by atoms with Gasteiger partial charge >= 0.3 is 0 Å². The molecule has 2 aliphatic heterocycles. The van der Waals surface area contributed by atoms with Crippen LogP contribution in [0.15, 0.2) is 42.6 Å². The zero-order chi connectivity index (χ0) is 23.8. The van der Waals surface area contributed by atoms with Crippen molar-refractivity contribution in [2.24, 2.45) is 5.73 Å². The van der Waals surface area contributed by atoms with E-state index in [4.69, 9.17) is 25.4 Å². The van der Waals surface area contributed by atoms with E-state index in [0.29, 0.717) is 43.1 Å². The van der Waals surface area contributed by atoms with E-state index in [2.05, 4.69) is 4.98 Å². The van der Waals surface area contributed by atoms with Crippen LogP contribution < -0.4 is 15.4 Å². The summed E-state index contributed by atoms with van der Waals surface area (Å²) in [6.07, 6.45) is 1.27. The first-order valence-electron chi connectivity index (χ1n) is 10.7. The van der Waals surface area contributed by atoms with Gasteiger partial charge in [0.2, 0.25) is 5.95 Å². The predicted molar refractivity (Wildman–Crippen MR) is 119 cm³/mol. The quantitative estimate of drug-likeness (QED) is 0.338. The number of aromatic nitrogens is 1. The Kier molecular flexibility index (Phi) is 5.74. The number of anilines is 1. The molecule has 2 aliphatic rings. The van der Waals surface area contributed by atoms with E-state index >= 15 is 4.39 Å². The van der Waals surface area contributed by atoms with Crippen LogP contribution in [0.1, 0.15) is 17.0 Å². The van der Waals surface area contributed by atoms with Gasteiger partial charge in [-0.25, -0.2) is 13.8 Å². The fourth-order valence-corrected chi connectivity index (χ4v) is 4.33. The molecule has 3 N–H and O–H groups in total. The van der Waals surface area contributed by atoms with E-state index in [1.807, 2.05) is 4.90 Å². The van der Waals surface area contributed by atoms with Crippen LogP contribution in [0.2, 0.25) is 0 Å². The highest BCUT2D eigenvalue weighted by Crippen LogP contribution is 2.48. The van der Waals surface area contributed by atoms with E-state index in [9.17, 15) is 8.78 Å². The highest BCUT2D eigenvalue weighted by atomic mass is 19.1. The lowest BCUT2D eigenvalue weighted by atomic mass is 9.86. The van der Waals surface area contributed by atoms with Crippen LogP contribution in [-0.4, -0.2) is 43.9 Å². The van der Waals surface area contributed by atoms with E-state index in [-0.39, 0.29) is 29.2 Å². The summed E-state index contributed by atoms with van der Waals surface area (Å²) in [6.45, 7) is 2.12. The summed E-state index contributed by atoms with van der Waals surface area (Å²) in [7, 11) is 0. The molecule has 34 heavy (non-hydrogen) atoms. The molecule has 176 valence electrons. The Morgan fingerprint density at radius 3 is 2.62 bits per heavy atom. The van der Waals surface area contributed by atoms with Gasteiger partial charge in [-0.05, 0) is 24.3 Å². The molecule has 1 unspecified atom stereocenters. The maximum atomic E-state index is 15.2.